The summed E-state index contributed by atoms with van der Waals surface area (Å²) in [5.41, 5.74) is 0.416. The number of hydrogen-bond donors (Lipinski definition) is 1. The summed E-state index contributed by atoms with van der Waals surface area (Å²) in [5, 5.41) is 0.681. The number of hydrogen-bond acceptors (Lipinski definition) is 3. The first-order valence-electron chi connectivity index (χ1n) is 10.6. The van der Waals surface area contributed by atoms with E-state index in [9.17, 15) is 14.0 Å². The van der Waals surface area contributed by atoms with Gasteiger partial charge in [-0.2, -0.15) is 0 Å². The van der Waals surface area contributed by atoms with Crippen LogP contribution in [0.3, 0.4) is 0 Å². The van der Waals surface area contributed by atoms with Gasteiger partial charge in [-0.3, -0.25) is 9.59 Å². The third-order valence-corrected chi connectivity index (χ3v) is 6.29. The quantitative estimate of drug-likeness (QED) is 0.608. The molecule has 1 N–H and O–H groups in total. The first-order valence-corrected chi connectivity index (χ1v) is 11.0. The highest BCUT2D eigenvalue weighted by molar-refractivity contribution is 6.31. The Hall–Kier alpha value is -2.70. The van der Waals surface area contributed by atoms with Gasteiger partial charge >= 0.3 is 0 Å². The number of halogens is 2. The molecule has 0 bridgehead atoms. The van der Waals surface area contributed by atoms with Crippen LogP contribution in [0.15, 0.2) is 51.7 Å². The predicted molar refractivity (Wildman–Crippen MR) is 118 cm³/mol. The molecule has 31 heavy (non-hydrogen) atoms. The topological polar surface area (TPSA) is 55.0 Å². The Morgan fingerprint density at radius 1 is 1.13 bits per heavy atom. The van der Waals surface area contributed by atoms with Crippen molar-refractivity contribution in [3.8, 4) is 0 Å². The maximum absolute atomic E-state index is 14.8. The van der Waals surface area contributed by atoms with Crippen LogP contribution >= 0.6 is 11.6 Å². The minimum Gasteiger partial charge on any atom is -0.450 e. The van der Waals surface area contributed by atoms with E-state index in [4.69, 9.17) is 16.0 Å². The van der Waals surface area contributed by atoms with E-state index in [-0.39, 0.29) is 28.0 Å². The molecule has 7 heteroatoms. The third-order valence-electron chi connectivity index (χ3n) is 6.06. The van der Waals surface area contributed by atoms with Crippen molar-refractivity contribution in [3.63, 3.8) is 0 Å². The molecule has 162 valence electrons. The lowest BCUT2D eigenvalue weighted by molar-refractivity contribution is -0.896. The molecule has 2 heterocycles. The van der Waals surface area contributed by atoms with Gasteiger partial charge in [0.2, 0.25) is 5.76 Å². The molecule has 0 radical (unpaired) electrons. The van der Waals surface area contributed by atoms with Crippen molar-refractivity contribution in [2.45, 2.75) is 26.3 Å². The van der Waals surface area contributed by atoms with Crippen LogP contribution in [0.4, 0.5) is 4.39 Å². The van der Waals surface area contributed by atoms with Crippen molar-refractivity contribution >= 4 is 28.5 Å². The predicted octanol–water partition coefficient (Wildman–Crippen LogP) is 3.45. The first-order chi connectivity index (χ1) is 15.0. The van der Waals surface area contributed by atoms with Crippen molar-refractivity contribution in [2.24, 2.45) is 0 Å². The van der Waals surface area contributed by atoms with E-state index >= 15 is 0 Å². The van der Waals surface area contributed by atoms with Gasteiger partial charge in [-0.15, -0.1) is 0 Å². The summed E-state index contributed by atoms with van der Waals surface area (Å²) in [6.45, 7) is 7.52. The van der Waals surface area contributed by atoms with E-state index in [0.717, 1.165) is 26.1 Å². The molecule has 0 saturated heterocycles. The van der Waals surface area contributed by atoms with Gasteiger partial charge in [0.15, 0.2) is 5.43 Å². The molecule has 1 aromatic heterocycles. The van der Waals surface area contributed by atoms with Gasteiger partial charge in [-0.1, -0.05) is 29.8 Å². The van der Waals surface area contributed by atoms with Crippen LogP contribution in [0.5, 0.6) is 0 Å². The summed E-state index contributed by atoms with van der Waals surface area (Å²) >= 11 is 6.08. The zero-order chi connectivity index (χ0) is 22.1. The van der Waals surface area contributed by atoms with E-state index in [1.807, 2.05) is 0 Å². The molecule has 3 aromatic rings. The first kappa shape index (κ1) is 21.5. The van der Waals surface area contributed by atoms with E-state index in [1.54, 1.807) is 35.2 Å². The highest BCUT2D eigenvalue weighted by Crippen LogP contribution is 2.39. The summed E-state index contributed by atoms with van der Waals surface area (Å²) in [5.74, 6) is -0.854. The van der Waals surface area contributed by atoms with Gasteiger partial charge in [0.1, 0.15) is 11.4 Å². The Morgan fingerprint density at radius 3 is 2.58 bits per heavy atom. The summed E-state index contributed by atoms with van der Waals surface area (Å²) in [4.78, 5) is 29.7. The molecule has 2 aromatic carbocycles. The largest absolute Gasteiger partial charge is 0.450 e. The number of carbonyl (C=O) groups excluding carboxylic acids is 1. The van der Waals surface area contributed by atoms with Crippen LogP contribution in [-0.2, 0) is 0 Å². The molecule has 1 aliphatic heterocycles. The zero-order valence-corrected chi connectivity index (χ0v) is 18.3. The molecule has 1 amide bonds. The van der Waals surface area contributed by atoms with Crippen molar-refractivity contribution in [1.82, 2.24) is 4.90 Å². The summed E-state index contributed by atoms with van der Waals surface area (Å²) in [7, 11) is 0. The van der Waals surface area contributed by atoms with E-state index in [0.29, 0.717) is 22.7 Å². The molecule has 0 spiro atoms. The van der Waals surface area contributed by atoms with Gasteiger partial charge in [-0.25, -0.2) is 4.39 Å². The minimum atomic E-state index is -0.824. The molecule has 0 aliphatic carbocycles. The third kappa shape index (κ3) is 3.86. The van der Waals surface area contributed by atoms with Crippen LogP contribution in [0.25, 0.3) is 11.0 Å². The lowest BCUT2D eigenvalue weighted by atomic mass is 9.98. The Labute approximate surface area is 185 Å². The maximum Gasteiger partial charge on any atom is 0.290 e. The van der Waals surface area contributed by atoms with Gasteiger partial charge < -0.3 is 14.2 Å². The van der Waals surface area contributed by atoms with Crippen LogP contribution in [-0.4, -0.2) is 37.0 Å². The average molecular weight is 444 g/mol. The van der Waals surface area contributed by atoms with Gasteiger partial charge in [-0.05, 0) is 38.1 Å². The van der Waals surface area contributed by atoms with Crippen LogP contribution in [0, 0.1) is 5.82 Å². The number of amides is 1. The second kappa shape index (κ2) is 8.81. The number of fused-ring (bicyclic) bond motifs is 2. The van der Waals surface area contributed by atoms with Crippen molar-refractivity contribution < 1.29 is 18.5 Å². The van der Waals surface area contributed by atoms with Crippen molar-refractivity contribution in [2.75, 3.05) is 26.2 Å². The SMILES string of the molecule is CC[NH+](CC)CCCN1C(=O)c2oc3ccc(Cl)cc3c(=O)c2[C@H]1c1ccccc1F. The fraction of sp³-hybridized carbons (Fsp3) is 0.333. The van der Waals surface area contributed by atoms with E-state index in [2.05, 4.69) is 13.8 Å². The average Bonchev–Trinajstić information content (AvgIpc) is 3.04. The number of rotatable bonds is 7. The second-order valence-corrected chi connectivity index (χ2v) is 8.23. The highest BCUT2D eigenvalue weighted by Gasteiger charge is 2.43. The van der Waals surface area contributed by atoms with Gasteiger partial charge in [0, 0.05) is 23.6 Å². The summed E-state index contributed by atoms with van der Waals surface area (Å²) < 4.78 is 20.7. The van der Waals surface area contributed by atoms with Crippen LogP contribution < -0.4 is 10.3 Å². The van der Waals surface area contributed by atoms with Gasteiger partial charge in [0.05, 0.1) is 36.6 Å². The second-order valence-electron chi connectivity index (χ2n) is 7.80. The maximum atomic E-state index is 14.8. The lowest BCUT2D eigenvalue weighted by Crippen LogP contribution is -3.11. The number of nitrogens with one attached hydrogen (secondary N) is 1. The minimum absolute atomic E-state index is 0.0109. The standard InChI is InChI=1S/C24H24ClFN2O3/c1-3-27(4-2)12-7-13-28-21(16-8-5-6-9-18(16)26)20-22(29)17-14-15(25)10-11-19(17)31-23(20)24(28)30/h5-6,8-11,14,21H,3-4,7,12-13H2,1-2H3/p+1/t21-/m1/s1. The Kier molecular flexibility index (Phi) is 6.12. The Balaban J connectivity index is 1.82. The molecule has 5 nitrogen and oxygen atoms in total. The van der Waals surface area contributed by atoms with Gasteiger partial charge in [0.25, 0.3) is 5.91 Å². The van der Waals surface area contributed by atoms with Crippen molar-refractivity contribution in [1.29, 1.82) is 0 Å². The fourth-order valence-corrected chi connectivity index (χ4v) is 4.52. The number of carbonyl (C=O) groups is 1. The molecule has 1 atom stereocenters. The monoisotopic (exact) mass is 443 g/mol. The lowest BCUT2D eigenvalue weighted by Gasteiger charge is -2.26. The van der Waals surface area contributed by atoms with Crippen LogP contribution in [0.1, 0.15) is 48.0 Å². The summed E-state index contributed by atoms with van der Waals surface area (Å²) in [6, 6.07) is 10.1. The van der Waals surface area contributed by atoms with E-state index in [1.165, 1.54) is 17.0 Å². The molecule has 4 rings (SSSR count). The number of quaternary nitrogens is 1. The smallest absolute Gasteiger partial charge is 0.290 e. The fourth-order valence-electron chi connectivity index (χ4n) is 4.35. The molecule has 0 saturated carbocycles. The molecule has 0 unspecified atom stereocenters. The molecular formula is C24H25ClFN2O3+. The highest BCUT2D eigenvalue weighted by atomic mass is 35.5. The normalized spacial score (nSPS) is 15.8. The van der Waals surface area contributed by atoms with Crippen LogP contribution in [0.2, 0.25) is 5.02 Å². The Morgan fingerprint density at radius 2 is 1.87 bits per heavy atom. The summed E-state index contributed by atoms with van der Waals surface area (Å²) in [6.07, 6.45) is 0.737. The number of benzene rings is 2. The molecule has 1 aliphatic rings. The van der Waals surface area contributed by atoms with E-state index < -0.39 is 11.9 Å². The number of nitrogens with zero attached hydrogens (tertiary/aromatic N) is 1. The molecule has 0 fully saturated rings. The van der Waals surface area contributed by atoms with Crippen molar-refractivity contribution in [3.05, 3.63) is 80.4 Å². The Bertz CT molecular complexity index is 1190. The zero-order valence-electron chi connectivity index (χ0n) is 17.6. The molecular weight excluding hydrogens is 419 g/mol.